The van der Waals surface area contributed by atoms with Crippen LogP contribution >= 0.6 is 0 Å². The highest BCUT2D eigenvalue weighted by molar-refractivity contribution is 6.08. The van der Waals surface area contributed by atoms with Gasteiger partial charge in [-0.25, -0.2) is 0 Å². The van der Waals surface area contributed by atoms with Crippen molar-refractivity contribution in [2.45, 2.75) is 13.2 Å². The number of benzene rings is 1. The van der Waals surface area contributed by atoms with E-state index in [1.165, 1.54) is 5.56 Å². The summed E-state index contributed by atoms with van der Waals surface area (Å²) in [5, 5.41) is 0. The highest BCUT2D eigenvalue weighted by Gasteiger charge is 2.01. The molecule has 1 nitrogen and oxygen atoms in total. The standard InChI is InChI=1S/C9H11BO/c1-7-4-3-5-9(11-2)8(7)6-10/h3-5H,6H2,1-2H3. The van der Waals surface area contributed by atoms with Crippen LogP contribution in [0, 0.1) is 6.92 Å². The number of hydrogen-bond donors (Lipinski definition) is 0. The fourth-order valence-corrected chi connectivity index (χ4v) is 1.13. The molecule has 1 aromatic rings. The Kier molecular flexibility index (Phi) is 2.58. The summed E-state index contributed by atoms with van der Waals surface area (Å²) in [7, 11) is 7.21. The van der Waals surface area contributed by atoms with E-state index in [0.717, 1.165) is 11.3 Å². The third-order valence-corrected chi connectivity index (χ3v) is 1.79. The molecule has 0 aromatic heterocycles. The average Bonchev–Trinajstić information content (AvgIpc) is 2.04. The number of aryl methyl sites for hydroxylation is 1. The molecule has 0 unspecified atom stereocenters. The first-order valence-electron chi connectivity index (χ1n) is 3.62. The molecular formula is C9H11BO. The van der Waals surface area contributed by atoms with Crippen LogP contribution < -0.4 is 4.74 Å². The lowest BCUT2D eigenvalue weighted by Crippen LogP contribution is -1.94. The minimum Gasteiger partial charge on any atom is -0.496 e. The molecule has 2 radical (unpaired) electrons. The summed E-state index contributed by atoms with van der Waals surface area (Å²) < 4.78 is 5.14. The van der Waals surface area contributed by atoms with Crippen LogP contribution in [0.2, 0.25) is 0 Å². The predicted octanol–water partition coefficient (Wildman–Crippen LogP) is 1.67. The fourth-order valence-electron chi connectivity index (χ4n) is 1.13. The lowest BCUT2D eigenvalue weighted by atomic mass is 9.93. The summed E-state index contributed by atoms with van der Waals surface area (Å²) in [6.45, 7) is 2.03. The minimum absolute atomic E-state index is 0.538. The molecule has 56 valence electrons. The second-order valence-corrected chi connectivity index (χ2v) is 2.46. The molecule has 0 saturated heterocycles. The van der Waals surface area contributed by atoms with Gasteiger partial charge in [0.1, 0.15) is 5.75 Å². The topological polar surface area (TPSA) is 9.23 Å². The molecule has 11 heavy (non-hydrogen) atoms. The third kappa shape index (κ3) is 1.56. The largest absolute Gasteiger partial charge is 0.496 e. The molecule has 1 aromatic carbocycles. The van der Waals surface area contributed by atoms with Crippen LogP contribution in [0.4, 0.5) is 0 Å². The van der Waals surface area contributed by atoms with Crippen molar-refractivity contribution in [2.24, 2.45) is 0 Å². The zero-order chi connectivity index (χ0) is 8.27. The van der Waals surface area contributed by atoms with Crippen molar-refractivity contribution in [1.29, 1.82) is 0 Å². The zero-order valence-electron chi connectivity index (χ0n) is 6.92. The van der Waals surface area contributed by atoms with E-state index in [1.807, 2.05) is 25.1 Å². The van der Waals surface area contributed by atoms with Gasteiger partial charge in [0, 0.05) is 0 Å². The van der Waals surface area contributed by atoms with Crippen LogP contribution in [0.25, 0.3) is 0 Å². The molecule has 0 aliphatic heterocycles. The Hall–Kier alpha value is -0.915. The number of ether oxygens (including phenoxy) is 1. The lowest BCUT2D eigenvalue weighted by molar-refractivity contribution is 0.411. The first kappa shape index (κ1) is 8.18. The Morgan fingerprint density at radius 2 is 2.18 bits per heavy atom. The van der Waals surface area contributed by atoms with Crippen LogP contribution in [0.3, 0.4) is 0 Å². The van der Waals surface area contributed by atoms with Gasteiger partial charge in [0.2, 0.25) is 0 Å². The van der Waals surface area contributed by atoms with Gasteiger partial charge in [0.15, 0.2) is 0 Å². The Morgan fingerprint density at radius 1 is 1.45 bits per heavy atom. The van der Waals surface area contributed by atoms with Gasteiger partial charge in [-0.1, -0.05) is 18.5 Å². The van der Waals surface area contributed by atoms with Crippen molar-refractivity contribution in [2.75, 3.05) is 7.11 Å². The van der Waals surface area contributed by atoms with Gasteiger partial charge < -0.3 is 4.74 Å². The highest BCUT2D eigenvalue weighted by Crippen LogP contribution is 2.20. The van der Waals surface area contributed by atoms with E-state index in [-0.39, 0.29) is 0 Å². The molecule has 0 aliphatic carbocycles. The van der Waals surface area contributed by atoms with Gasteiger partial charge >= 0.3 is 0 Å². The average molecular weight is 146 g/mol. The van der Waals surface area contributed by atoms with E-state index < -0.39 is 0 Å². The van der Waals surface area contributed by atoms with E-state index in [1.54, 1.807) is 7.11 Å². The van der Waals surface area contributed by atoms with E-state index in [2.05, 4.69) is 0 Å². The molecular weight excluding hydrogens is 135 g/mol. The van der Waals surface area contributed by atoms with Crippen LogP contribution in [0.1, 0.15) is 11.1 Å². The maximum absolute atomic E-state index is 5.55. The van der Waals surface area contributed by atoms with Crippen molar-refractivity contribution in [1.82, 2.24) is 0 Å². The monoisotopic (exact) mass is 146 g/mol. The number of hydrogen-bond acceptors (Lipinski definition) is 1. The van der Waals surface area contributed by atoms with E-state index in [4.69, 9.17) is 12.6 Å². The van der Waals surface area contributed by atoms with Crippen molar-refractivity contribution in [3.05, 3.63) is 29.3 Å². The summed E-state index contributed by atoms with van der Waals surface area (Å²) in [5.74, 6) is 0.882. The SMILES string of the molecule is [B]Cc1c(C)cccc1OC. The molecule has 0 spiro atoms. The van der Waals surface area contributed by atoms with Crippen molar-refractivity contribution < 1.29 is 4.74 Å². The van der Waals surface area contributed by atoms with Gasteiger partial charge in [-0.3, -0.25) is 0 Å². The number of rotatable bonds is 2. The summed E-state index contributed by atoms with van der Waals surface area (Å²) >= 11 is 0. The normalized spacial score (nSPS) is 9.64. The molecule has 1 rings (SSSR count). The van der Waals surface area contributed by atoms with Crippen LogP contribution in [-0.4, -0.2) is 15.0 Å². The van der Waals surface area contributed by atoms with Gasteiger partial charge in [0.25, 0.3) is 0 Å². The summed E-state index contributed by atoms with van der Waals surface area (Å²) in [5.41, 5.74) is 2.28. The highest BCUT2D eigenvalue weighted by atomic mass is 16.5. The molecule has 0 amide bonds. The lowest BCUT2D eigenvalue weighted by Gasteiger charge is -2.08. The Bertz CT molecular complexity index is 245. The van der Waals surface area contributed by atoms with E-state index >= 15 is 0 Å². The molecule has 0 aliphatic rings. The van der Waals surface area contributed by atoms with Crippen molar-refractivity contribution in [3.63, 3.8) is 0 Å². The summed E-state index contributed by atoms with van der Waals surface area (Å²) in [6.07, 6.45) is 0.538. The molecule has 0 atom stereocenters. The van der Waals surface area contributed by atoms with Gasteiger partial charge in [0.05, 0.1) is 15.0 Å². The molecule has 0 saturated carbocycles. The number of methoxy groups -OCH3 is 1. The van der Waals surface area contributed by atoms with Crippen molar-refractivity contribution >= 4 is 7.85 Å². The summed E-state index contributed by atoms with van der Waals surface area (Å²) in [4.78, 5) is 0. The smallest absolute Gasteiger partial charge is 0.121 e. The molecule has 0 N–H and O–H groups in total. The van der Waals surface area contributed by atoms with Crippen LogP contribution in [0.15, 0.2) is 18.2 Å². The maximum atomic E-state index is 5.55. The van der Waals surface area contributed by atoms with E-state index in [0.29, 0.717) is 6.32 Å². The molecule has 2 heteroatoms. The zero-order valence-corrected chi connectivity index (χ0v) is 6.92. The van der Waals surface area contributed by atoms with Gasteiger partial charge in [-0.15, -0.1) is 0 Å². The third-order valence-electron chi connectivity index (χ3n) is 1.79. The Balaban J connectivity index is 3.13. The quantitative estimate of drug-likeness (QED) is 0.576. The molecule has 0 bridgehead atoms. The van der Waals surface area contributed by atoms with Crippen molar-refractivity contribution in [3.8, 4) is 5.75 Å². The Labute approximate surface area is 68.8 Å². The minimum atomic E-state index is 0.538. The second-order valence-electron chi connectivity index (χ2n) is 2.46. The molecule has 0 heterocycles. The first-order chi connectivity index (χ1) is 5.29. The predicted molar refractivity (Wildman–Crippen MR) is 47.2 cm³/mol. The second kappa shape index (κ2) is 3.47. The maximum Gasteiger partial charge on any atom is 0.121 e. The first-order valence-corrected chi connectivity index (χ1v) is 3.62. The van der Waals surface area contributed by atoms with Crippen LogP contribution in [0.5, 0.6) is 5.75 Å². The van der Waals surface area contributed by atoms with Gasteiger partial charge in [-0.05, 0) is 24.1 Å². The molecule has 0 fully saturated rings. The van der Waals surface area contributed by atoms with Gasteiger partial charge in [-0.2, -0.15) is 0 Å². The Morgan fingerprint density at radius 3 is 2.64 bits per heavy atom. The van der Waals surface area contributed by atoms with Crippen LogP contribution in [-0.2, 0) is 6.32 Å². The van der Waals surface area contributed by atoms with E-state index in [9.17, 15) is 0 Å². The summed E-state index contributed by atoms with van der Waals surface area (Å²) in [6, 6.07) is 5.92. The fraction of sp³-hybridized carbons (Fsp3) is 0.333.